The van der Waals surface area contributed by atoms with E-state index in [1.807, 2.05) is 30.3 Å². The molecule has 1 fully saturated rings. The molecule has 2 unspecified atom stereocenters. The van der Waals surface area contributed by atoms with Crippen LogP contribution in [0.4, 0.5) is 0 Å². The Morgan fingerprint density at radius 3 is 2.52 bits per heavy atom. The second kappa shape index (κ2) is 6.29. The minimum absolute atomic E-state index is 0.00215. The molecule has 0 aromatic heterocycles. The maximum absolute atomic E-state index is 12.5. The smallest absolute Gasteiger partial charge is 0.323 e. The molecule has 21 heavy (non-hydrogen) atoms. The first-order valence-electron chi connectivity index (χ1n) is 7.51. The largest absolute Gasteiger partial charge is 0.480 e. The standard InChI is InChI=1S/C17H23NO3/c1-3-17(2)11-14(17)16(21)18(12-15(19)20)10-9-13-7-5-4-6-8-13/h4-8,14H,3,9-12H2,1-2H3,(H,19,20). The second-order valence-electron chi connectivity index (χ2n) is 6.15. The summed E-state index contributed by atoms with van der Waals surface area (Å²) in [5.41, 5.74) is 1.19. The average molecular weight is 289 g/mol. The van der Waals surface area contributed by atoms with Crippen LogP contribution in [0.25, 0.3) is 0 Å². The van der Waals surface area contributed by atoms with Gasteiger partial charge in [0.1, 0.15) is 6.54 Å². The molecule has 2 atom stereocenters. The van der Waals surface area contributed by atoms with Gasteiger partial charge in [0.25, 0.3) is 0 Å². The van der Waals surface area contributed by atoms with Crippen molar-refractivity contribution in [3.63, 3.8) is 0 Å². The van der Waals surface area contributed by atoms with Crippen LogP contribution in [0.3, 0.4) is 0 Å². The molecule has 1 aliphatic rings. The molecule has 0 aliphatic heterocycles. The highest BCUT2D eigenvalue weighted by Crippen LogP contribution is 2.55. The third-order valence-electron chi connectivity index (χ3n) is 4.61. The molecule has 1 aromatic rings. The highest BCUT2D eigenvalue weighted by atomic mass is 16.4. The number of carboxylic acids is 1. The van der Waals surface area contributed by atoms with E-state index >= 15 is 0 Å². The highest BCUT2D eigenvalue weighted by molar-refractivity contribution is 5.85. The van der Waals surface area contributed by atoms with Gasteiger partial charge in [-0.3, -0.25) is 9.59 Å². The Bertz CT molecular complexity index is 514. The van der Waals surface area contributed by atoms with E-state index in [1.165, 1.54) is 4.90 Å². The number of aliphatic carboxylic acids is 1. The van der Waals surface area contributed by atoms with Crippen LogP contribution in [0.2, 0.25) is 0 Å². The van der Waals surface area contributed by atoms with Crippen molar-refractivity contribution in [3.05, 3.63) is 35.9 Å². The third-order valence-corrected chi connectivity index (χ3v) is 4.61. The summed E-state index contributed by atoms with van der Waals surface area (Å²) in [6, 6.07) is 9.84. The van der Waals surface area contributed by atoms with Crippen LogP contribution in [-0.2, 0) is 16.0 Å². The molecule has 0 heterocycles. The summed E-state index contributed by atoms with van der Waals surface area (Å²) in [5, 5.41) is 9.03. The van der Waals surface area contributed by atoms with E-state index in [0.29, 0.717) is 13.0 Å². The van der Waals surface area contributed by atoms with Crippen LogP contribution < -0.4 is 0 Å². The number of carboxylic acid groups (broad SMARTS) is 1. The Labute approximate surface area is 125 Å². The summed E-state index contributed by atoms with van der Waals surface area (Å²) in [6.07, 6.45) is 2.53. The van der Waals surface area contributed by atoms with Crippen LogP contribution in [0.1, 0.15) is 32.3 Å². The van der Waals surface area contributed by atoms with Crippen molar-refractivity contribution < 1.29 is 14.7 Å². The SMILES string of the molecule is CCC1(C)CC1C(=O)N(CCc1ccccc1)CC(=O)O. The van der Waals surface area contributed by atoms with Gasteiger partial charge in [0, 0.05) is 12.5 Å². The molecule has 1 amide bonds. The normalized spacial score (nSPS) is 23.6. The number of carbonyl (C=O) groups excluding carboxylic acids is 1. The zero-order chi connectivity index (χ0) is 15.5. The Kier molecular flexibility index (Phi) is 4.66. The maximum atomic E-state index is 12.5. The van der Waals surface area contributed by atoms with Crippen molar-refractivity contribution in [2.45, 2.75) is 33.1 Å². The van der Waals surface area contributed by atoms with E-state index in [0.717, 1.165) is 18.4 Å². The third kappa shape index (κ3) is 3.84. The number of rotatable bonds is 7. The predicted molar refractivity (Wildman–Crippen MR) is 80.9 cm³/mol. The molecule has 2 rings (SSSR count). The van der Waals surface area contributed by atoms with Gasteiger partial charge in [0.2, 0.25) is 5.91 Å². The summed E-state index contributed by atoms with van der Waals surface area (Å²) in [4.78, 5) is 25.0. The summed E-state index contributed by atoms with van der Waals surface area (Å²) in [7, 11) is 0. The van der Waals surface area contributed by atoms with Crippen LogP contribution >= 0.6 is 0 Å². The van der Waals surface area contributed by atoms with Gasteiger partial charge in [-0.2, -0.15) is 0 Å². The van der Waals surface area contributed by atoms with Crippen LogP contribution in [0.5, 0.6) is 0 Å². The molecule has 1 saturated carbocycles. The highest BCUT2D eigenvalue weighted by Gasteiger charge is 2.54. The van der Waals surface area contributed by atoms with Gasteiger partial charge >= 0.3 is 5.97 Å². The van der Waals surface area contributed by atoms with Crippen molar-refractivity contribution >= 4 is 11.9 Å². The molecule has 0 radical (unpaired) electrons. The lowest BCUT2D eigenvalue weighted by atomic mass is 10.0. The van der Waals surface area contributed by atoms with E-state index in [4.69, 9.17) is 5.11 Å². The monoisotopic (exact) mass is 289 g/mol. The van der Waals surface area contributed by atoms with Gasteiger partial charge < -0.3 is 10.0 Å². The molecule has 0 spiro atoms. The van der Waals surface area contributed by atoms with Crippen LogP contribution in [0, 0.1) is 11.3 Å². The van der Waals surface area contributed by atoms with E-state index in [9.17, 15) is 9.59 Å². The van der Waals surface area contributed by atoms with Crippen molar-refractivity contribution in [1.82, 2.24) is 4.90 Å². The van der Waals surface area contributed by atoms with Gasteiger partial charge in [-0.05, 0) is 30.2 Å². The number of amides is 1. The Morgan fingerprint density at radius 2 is 2.00 bits per heavy atom. The summed E-state index contributed by atoms with van der Waals surface area (Å²) in [5.74, 6) is -0.953. The molecule has 4 nitrogen and oxygen atoms in total. The Morgan fingerprint density at radius 1 is 1.33 bits per heavy atom. The zero-order valence-corrected chi connectivity index (χ0v) is 12.7. The number of hydrogen-bond acceptors (Lipinski definition) is 2. The lowest BCUT2D eigenvalue weighted by molar-refractivity contribution is -0.145. The summed E-state index contributed by atoms with van der Waals surface area (Å²) >= 11 is 0. The quantitative estimate of drug-likeness (QED) is 0.839. The van der Waals surface area contributed by atoms with E-state index < -0.39 is 5.97 Å². The fourth-order valence-corrected chi connectivity index (χ4v) is 2.74. The Hall–Kier alpha value is -1.84. The minimum atomic E-state index is -0.949. The van der Waals surface area contributed by atoms with Crippen LogP contribution in [-0.4, -0.2) is 35.0 Å². The first-order chi connectivity index (χ1) is 9.96. The molecule has 114 valence electrons. The van der Waals surface area contributed by atoms with Crippen molar-refractivity contribution in [2.24, 2.45) is 11.3 Å². The van der Waals surface area contributed by atoms with Crippen LogP contribution in [0.15, 0.2) is 30.3 Å². The zero-order valence-electron chi connectivity index (χ0n) is 12.7. The molecule has 4 heteroatoms. The lowest BCUT2D eigenvalue weighted by Crippen LogP contribution is -2.39. The summed E-state index contributed by atoms with van der Waals surface area (Å²) in [6.45, 7) is 4.44. The minimum Gasteiger partial charge on any atom is -0.480 e. The fraction of sp³-hybridized carbons (Fsp3) is 0.529. The second-order valence-corrected chi connectivity index (χ2v) is 6.15. The van der Waals surface area contributed by atoms with E-state index in [-0.39, 0.29) is 23.8 Å². The molecular formula is C17H23NO3. The molecular weight excluding hydrogens is 266 g/mol. The number of benzene rings is 1. The molecule has 1 aromatic carbocycles. The van der Waals surface area contributed by atoms with Gasteiger partial charge in [-0.15, -0.1) is 0 Å². The maximum Gasteiger partial charge on any atom is 0.323 e. The first kappa shape index (κ1) is 15.5. The number of carbonyl (C=O) groups is 2. The van der Waals surface area contributed by atoms with Gasteiger partial charge in [-0.1, -0.05) is 44.2 Å². The van der Waals surface area contributed by atoms with E-state index in [1.54, 1.807) is 0 Å². The molecule has 1 aliphatic carbocycles. The molecule has 1 N–H and O–H groups in total. The Balaban J connectivity index is 1.98. The molecule has 0 saturated heterocycles. The van der Waals surface area contributed by atoms with E-state index in [2.05, 4.69) is 13.8 Å². The van der Waals surface area contributed by atoms with Crippen molar-refractivity contribution in [3.8, 4) is 0 Å². The predicted octanol–water partition coefficient (Wildman–Crippen LogP) is 2.58. The van der Waals surface area contributed by atoms with Gasteiger partial charge in [-0.25, -0.2) is 0 Å². The van der Waals surface area contributed by atoms with Gasteiger partial charge in [0.05, 0.1) is 0 Å². The molecule has 0 bridgehead atoms. The van der Waals surface area contributed by atoms with Crippen molar-refractivity contribution in [2.75, 3.05) is 13.1 Å². The topological polar surface area (TPSA) is 57.6 Å². The number of nitrogens with zero attached hydrogens (tertiary/aromatic N) is 1. The fourth-order valence-electron chi connectivity index (χ4n) is 2.74. The average Bonchev–Trinajstić information content (AvgIpc) is 3.16. The van der Waals surface area contributed by atoms with Crippen molar-refractivity contribution in [1.29, 1.82) is 0 Å². The lowest BCUT2D eigenvalue weighted by Gasteiger charge is -2.22. The number of hydrogen-bond donors (Lipinski definition) is 1. The van der Waals surface area contributed by atoms with Gasteiger partial charge in [0.15, 0.2) is 0 Å². The first-order valence-corrected chi connectivity index (χ1v) is 7.51. The summed E-state index contributed by atoms with van der Waals surface area (Å²) < 4.78 is 0.